The van der Waals surface area contributed by atoms with Gasteiger partial charge >= 0.3 is 0 Å². The molecule has 2 aromatic rings. The van der Waals surface area contributed by atoms with Gasteiger partial charge in [-0.3, -0.25) is 9.78 Å². The van der Waals surface area contributed by atoms with Crippen molar-refractivity contribution in [3.05, 3.63) is 53.3 Å². The minimum Gasteiger partial charge on any atom is -0.496 e. The van der Waals surface area contributed by atoms with E-state index in [0.717, 1.165) is 22.6 Å². The maximum Gasteiger partial charge on any atom is 0.251 e. The number of ether oxygens (including phenoxy) is 2. The van der Waals surface area contributed by atoms with Gasteiger partial charge < -0.3 is 14.8 Å². The Bertz CT molecular complexity index is 633. The molecular formula is C16H19ClN2O3. The third-order valence-electron chi connectivity index (χ3n) is 3.24. The molecule has 0 aliphatic carbocycles. The van der Waals surface area contributed by atoms with Crippen molar-refractivity contribution < 1.29 is 14.3 Å². The predicted octanol–water partition coefficient (Wildman–Crippen LogP) is 2.76. The topological polar surface area (TPSA) is 60.5 Å². The number of hydrogen-bond acceptors (Lipinski definition) is 4. The molecule has 0 aliphatic heterocycles. The Kier molecular flexibility index (Phi) is 6.66. The van der Waals surface area contributed by atoms with E-state index in [4.69, 9.17) is 9.47 Å². The van der Waals surface area contributed by atoms with Crippen molar-refractivity contribution in [1.82, 2.24) is 10.3 Å². The highest BCUT2D eigenvalue weighted by molar-refractivity contribution is 5.93. The fraction of sp³-hybridized carbons (Fsp3) is 0.250. The van der Waals surface area contributed by atoms with Crippen LogP contribution in [0.2, 0.25) is 0 Å². The lowest BCUT2D eigenvalue weighted by Gasteiger charge is -2.15. The zero-order chi connectivity index (χ0) is 15.2. The summed E-state index contributed by atoms with van der Waals surface area (Å²) in [4.78, 5) is 15.9. The zero-order valence-electron chi connectivity index (χ0n) is 12.8. The monoisotopic (exact) mass is 322 g/mol. The number of rotatable bonds is 5. The van der Waals surface area contributed by atoms with Crippen LogP contribution in [0.1, 0.15) is 21.5 Å². The van der Waals surface area contributed by atoms with Crippen LogP contribution in [0, 0.1) is 6.92 Å². The van der Waals surface area contributed by atoms with E-state index < -0.39 is 0 Å². The summed E-state index contributed by atoms with van der Waals surface area (Å²) < 4.78 is 10.7. The molecule has 0 radical (unpaired) electrons. The Morgan fingerprint density at radius 1 is 1.14 bits per heavy atom. The van der Waals surface area contributed by atoms with Gasteiger partial charge in [0.1, 0.15) is 11.5 Å². The van der Waals surface area contributed by atoms with Gasteiger partial charge in [-0.2, -0.15) is 0 Å². The molecule has 1 N–H and O–H groups in total. The summed E-state index contributed by atoms with van der Waals surface area (Å²) in [5.74, 6) is 1.34. The largest absolute Gasteiger partial charge is 0.496 e. The Morgan fingerprint density at radius 2 is 1.82 bits per heavy atom. The molecular weight excluding hydrogens is 304 g/mol. The second-order valence-corrected chi connectivity index (χ2v) is 4.50. The van der Waals surface area contributed by atoms with Gasteiger partial charge in [0.05, 0.1) is 14.2 Å². The first-order valence-corrected chi connectivity index (χ1v) is 6.56. The van der Waals surface area contributed by atoms with Crippen molar-refractivity contribution in [3.8, 4) is 11.5 Å². The molecule has 0 unspecified atom stereocenters. The zero-order valence-corrected chi connectivity index (χ0v) is 13.6. The summed E-state index contributed by atoms with van der Waals surface area (Å²) >= 11 is 0. The standard InChI is InChI=1S/C16H18N2O3.ClH/c1-11-14(20-2)5-4-13(15(11)21-3)10-18-16(19)12-6-8-17-9-7-12;/h4-9H,10H2,1-3H3,(H,18,19);1H. The Labute approximate surface area is 136 Å². The van der Waals surface area contributed by atoms with E-state index in [-0.39, 0.29) is 18.3 Å². The van der Waals surface area contributed by atoms with Crippen molar-refractivity contribution >= 4 is 18.3 Å². The van der Waals surface area contributed by atoms with Crippen LogP contribution in [0.15, 0.2) is 36.7 Å². The Hall–Kier alpha value is -2.27. The number of halogens is 1. The number of carbonyl (C=O) groups excluding carboxylic acids is 1. The Morgan fingerprint density at radius 3 is 2.41 bits per heavy atom. The van der Waals surface area contributed by atoms with Gasteiger partial charge in [0.15, 0.2) is 0 Å². The lowest BCUT2D eigenvalue weighted by molar-refractivity contribution is 0.0950. The van der Waals surface area contributed by atoms with E-state index in [0.29, 0.717) is 12.1 Å². The number of benzene rings is 1. The van der Waals surface area contributed by atoms with Gasteiger partial charge in [-0.05, 0) is 31.2 Å². The number of aromatic nitrogens is 1. The van der Waals surface area contributed by atoms with Crippen LogP contribution in [0.5, 0.6) is 11.5 Å². The van der Waals surface area contributed by atoms with Crippen LogP contribution < -0.4 is 14.8 Å². The molecule has 5 nitrogen and oxygen atoms in total. The normalized spacial score (nSPS) is 9.59. The third kappa shape index (κ3) is 3.89. The SMILES string of the molecule is COc1ccc(CNC(=O)c2ccncc2)c(OC)c1C.Cl. The van der Waals surface area contributed by atoms with Crippen molar-refractivity contribution in [2.24, 2.45) is 0 Å². The first-order valence-electron chi connectivity index (χ1n) is 6.56. The van der Waals surface area contributed by atoms with Crippen LogP contribution >= 0.6 is 12.4 Å². The molecule has 0 fully saturated rings. The van der Waals surface area contributed by atoms with Gasteiger partial charge in [0, 0.05) is 35.6 Å². The van der Waals surface area contributed by atoms with E-state index in [1.165, 1.54) is 0 Å². The van der Waals surface area contributed by atoms with Gasteiger partial charge in [-0.25, -0.2) is 0 Å². The van der Waals surface area contributed by atoms with Crippen molar-refractivity contribution in [1.29, 1.82) is 0 Å². The summed E-state index contributed by atoms with van der Waals surface area (Å²) in [5, 5.41) is 2.87. The molecule has 1 heterocycles. The lowest BCUT2D eigenvalue weighted by atomic mass is 10.1. The highest BCUT2D eigenvalue weighted by Crippen LogP contribution is 2.31. The van der Waals surface area contributed by atoms with Crippen LogP contribution in [0.25, 0.3) is 0 Å². The van der Waals surface area contributed by atoms with Crippen LogP contribution in [-0.2, 0) is 6.54 Å². The molecule has 0 spiro atoms. The van der Waals surface area contributed by atoms with Crippen molar-refractivity contribution in [2.75, 3.05) is 14.2 Å². The number of carbonyl (C=O) groups is 1. The maximum atomic E-state index is 12.0. The molecule has 0 atom stereocenters. The number of pyridine rings is 1. The maximum absolute atomic E-state index is 12.0. The molecule has 6 heteroatoms. The molecule has 118 valence electrons. The Balaban J connectivity index is 0.00000242. The van der Waals surface area contributed by atoms with E-state index >= 15 is 0 Å². The van der Waals surface area contributed by atoms with E-state index in [1.54, 1.807) is 38.7 Å². The van der Waals surface area contributed by atoms with Crippen LogP contribution in [0.3, 0.4) is 0 Å². The van der Waals surface area contributed by atoms with Gasteiger partial charge in [-0.15, -0.1) is 12.4 Å². The summed E-state index contributed by atoms with van der Waals surface area (Å²) in [6, 6.07) is 7.10. The van der Waals surface area contributed by atoms with E-state index in [1.807, 2.05) is 19.1 Å². The van der Waals surface area contributed by atoms with Gasteiger partial charge in [0.2, 0.25) is 0 Å². The van der Waals surface area contributed by atoms with Crippen LogP contribution in [-0.4, -0.2) is 25.1 Å². The van der Waals surface area contributed by atoms with E-state index in [9.17, 15) is 4.79 Å². The number of nitrogens with one attached hydrogen (secondary N) is 1. The number of nitrogens with zero attached hydrogens (tertiary/aromatic N) is 1. The first kappa shape index (κ1) is 17.8. The van der Waals surface area contributed by atoms with Gasteiger partial charge in [-0.1, -0.05) is 0 Å². The fourth-order valence-corrected chi connectivity index (χ4v) is 2.16. The highest BCUT2D eigenvalue weighted by Gasteiger charge is 2.12. The molecule has 22 heavy (non-hydrogen) atoms. The highest BCUT2D eigenvalue weighted by atomic mass is 35.5. The fourth-order valence-electron chi connectivity index (χ4n) is 2.16. The quantitative estimate of drug-likeness (QED) is 0.919. The van der Waals surface area contributed by atoms with Crippen LogP contribution in [0.4, 0.5) is 0 Å². The molecule has 0 saturated heterocycles. The molecule has 2 rings (SSSR count). The average molecular weight is 323 g/mol. The summed E-state index contributed by atoms with van der Waals surface area (Å²) in [7, 11) is 3.22. The third-order valence-corrected chi connectivity index (χ3v) is 3.24. The number of amides is 1. The molecule has 1 aromatic heterocycles. The minimum atomic E-state index is -0.145. The number of hydrogen-bond donors (Lipinski definition) is 1. The van der Waals surface area contributed by atoms with Gasteiger partial charge in [0.25, 0.3) is 5.91 Å². The van der Waals surface area contributed by atoms with Crippen molar-refractivity contribution in [2.45, 2.75) is 13.5 Å². The molecule has 1 aromatic carbocycles. The summed E-state index contributed by atoms with van der Waals surface area (Å²) in [6.45, 7) is 2.31. The molecule has 1 amide bonds. The minimum absolute atomic E-state index is 0. The second-order valence-electron chi connectivity index (χ2n) is 4.50. The molecule has 0 aliphatic rings. The van der Waals surface area contributed by atoms with E-state index in [2.05, 4.69) is 10.3 Å². The smallest absolute Gasteiger partial charge is 0.251 e. The average Bonchev–Trinajstić information content (AvgIpc) is 2.53. The number of methoxy groups -OCH3 is 2. The molecule has 0 saturated carbocycles. The first-order chi connectivity index (χ1) is 10.2. The van der Waals surface area contributed by atoms with Crippen molar-refractivity contribution in [3.63, 3.8) is 0 Å². The summed E-state index contributed by atoms with van der Waals surface area (Å²) in [6.07, 6.45) is 3.18. The summed E-state index contributed by atoms with van der Waals surface area (Å²) in [5.41, 5.74) is 2.39. The molecule has 0 bridgehead atoms. The second kappa shape index (κ2) is 8.24. The predicted molar refractivity (Wildman–Crippen MR) is 86.9 cm³/mol. The lowest BCUT2D eigenvalue weighted by Crippen LogP contribution is -2.23.